The average molecular weight is 226 g/mol. The molecule has 0 spiro atoms. The Kier molecular flexibility index (Phi) is 4.63. The van der Waals surface area contributed by atoms with Crippen LogP contribution in [0, 0.1) is 0 Å². The van der Waals surface area contributed by atoms with Crippen molar-refractivity contribution in [2.45, 2.75) is 18.2 Å². The Bertz CT molecular complexity index is 311. The van der Waals surface area contributed by atoms with E-state index in [1.165, 1.54) is 10.5 Å². The second-order valence-corrected chi connectivity index (χ2v) is 4.25. The molecule has 3 heteroatoms. The molecule has 0 saturated carbocycles. The quantitative estimate of drug-likeness (QED) is 0.721. The molecule has 0 heterocycles. The molecule has 0 radical (unpaired) electrons. The summed E-state index contributed by atoms with van der Waals surface area (Å²) in [4.78, 5) is 13.0. The molecule has 0 aliphatic rings. The van der Waals surface area contributed by atoms with Crippen molar-refractivity contribution in [1.29, 1.82) is 0 Å². The van der Waals surface area contributed by atoms with Crippen LogP contribution in [-0.4, -0.2) is 30.3 Å². The number of carbonyl (C=O) groups is 1. The number of benzene rings is 1. The molecule has 2 nitrogen and oxygen atoms in total. The van der Waals surface area contributed by atoms with Gasteiger partial charge in [0, 0.05) is 14.1 Å². The van der Waals surface area contributed by atoms with Gasteiger partial charge in [-0.25, -0.2) is 0 Å². The Morgan fingerprint density at radius 1 is 1.33 bits per heavy atom. The summed E-state index contributed by atoms with van der Waals surface area (Å²) in [6, 6.07) is 10.1. The lowest BCUT2D eigenvalue weighted by atomic mass is 10.1. The topological polar surface area (TPSA) is 20.3 Å². The van der Waals surface area contributed by atoms with Gasteiger partial charge < -0.3 is 4.90 Å². The maximum atomic E-state index is 11.5. The summed E-state index contributed by atoms with van der Waals surface area (Å²) in [7, 11) is 3.44. The van der Waals surface area contributed by atoms with Gasteiger partial charge in [-0.15, -0.1) is 11.6 Å². The first-order chi connectivity index (χ1) is 7.11. The van der Waals surface area contributed by atoms with E-state index in [1.807, 2.05) is 30.3 Å². The highest BCUT2D eigenvalue weighted by molar-refractivity contribution is 6.30. The highest BCUT2D eigenvalue weighted by atomic mass is 35.5. The van der Waals surface area contributed by atoms with Crippen LogP contribution in [0.5, 0.6) is 0 Å². The zero-order valence-electron chi connectivity index (χ0n) is 9.11. The van der Waals surface area contributed by atoms with Crippen molar-refractivity contribution in [1.82, 2.24) is 4.90 Å². The smallest absolute Gasteiger partial charge is 0.240 e. The molecule has 0 aliphatic heterocycles. The molecular weight excluding hydrogens is 210 g/mol. The van der Waals surface area contributed by atoms with Crippen LogP contribution in [0.3, 0.4) is 0 Å². The average Bonchev–Trinajstić information content (AvgIpc) is 2.26. The minimum Gasteiger partial charge on any atom is -0.348 e. The molecule has 0 aliphatic carbocycles. The predicted octanol–water partition coefficient (Wildman–Crippen LogP) is 2.31. The van der Waals surface area contributed by atoms with Gasteiger partial charge in [0.2, 0.25) is 5.91 Å². The highest BCUT2D eigenvalue weighted by Gasteiger charge is 2.16. The molecular formula is C12H16ClNO. The fourth-order valence-corrected chi connectivity index (χ4v) is 1.65. The number of rotatable bonds is 4. The minimum absolute atomic E-state index is 0.0207. The second-order valence-electron chi connectivity index (χ2n) is 3.72. The molecule has 1 atom stereocenters. The van der Waals surface area contributed by atoms with Crippen molar-refractivity contribution >= 4 is 17.5 Å². The molecule has 0 saturated heterocycles. The van der Waals surface area contributed by atoms with Crippen molar-refractivity contribution in [3.8, 4) is 0 Å². The molecule has 1 amide bonds. The fourth-order valence-electron chi connectivity index (χ4n) is 1.34. The number of halogens is 1. The SMILES string of the molecule is CN(C)C(=O)C(Cl)CCc1ccccc1. The summed E-state index contributed by atoms with van der Waals surface area (Å²) in [5, 5.41) is -0.416. The molecule has 15 heavy (non-hydrogen) atoms. The Morgan fingerprint density at radius 2 is 1.93 bits per heavy atom. The van der Waals surface area contributed by atoms with Gasteiger partial charge in [0.25, 0.3) is 0 Å². The lowest BCUT2D eigenvalue weighted by Crippen LogP contribution is -2.30. The van der Waals surface area contributed by atoms with Crippen LogP contribution in [0.15, 0.2) is 30.3 Å². The summed E-state index contributed by atoms with van der Waals surface area (Å²) < 4.78 is 0. The second kappa shape index (κ2) is 5.76. The van der Waals surface area contributed by atoms with Gasteiger partial charge >= 0.3 is 0 Å². The van der Waals surface area contributed by atoms with E-state index in [9.17, 15) is 4.79 Å². The van der Waals surface area contributed by atoms with Gasteiger partial charge in [-0.05, 0) is 18.4 Å². The summed E-state index contributed by atoms with van der Waals surface area (Å²) in [5.41, 5.74) is 1.22. The van der Waals surface area contributed by atoms with E-state index in [-0.39, 0.29) is 5.91 Å². The minimum atomic E-state index is -0.416. The van der Waals surface area contributed by atoms with Gasteiger partial charge in [0.1, 0.15) is 5.38 Å². The zero-order chi connectivity index (χ0) is 11.3. The van der Waals surface area contributed by atoms with Crippen molar-refractivity contribution in [2.75, 3.05) is 14.1 Å². The van der Waals surface area contributed by atoms with Gasteiger partial charge in [-0.3, -0.25) is 4.79 Å². The first kappa shape index (κ1) is 12.1. The van der Waals surface area contributed by atoms with Gasteiger partial charge in [0.15, 0.2) is 0 Å². The van der Waals surface area contributed by atoms with Crippen LogP contribution in [-0.2, 0) is 11.2 Å². The molecule has 0 aromatic heterocycles. The van der Waals surface area contributed by atoms with E-state index >= 15 is 0 Å². The number of carbonyl (C=O) groups excluding carboxylic acids is 1. The van der Waals surface area contributed by atoms with Gasteiger partial charge in [-0.1, -0.05) is 30.3 Å². The van der Waals surface area contributed by atoms with Gasteiger partial charge in [-0.2, -0.15) is 0 Å². The first-order valence-electron chi connectivity index (χ1n) is 5.00. The van der Waals surface area contributed by atoms with E-state index in [4.69, 9.17) is 11.6 Å². The maximum Gasteiger partial charge on any atom is 0.240 e. The molecule has 1 aromatic rings. The zero-order valence-corrected chi connectivity index (χ0v) is 9.87. The summed E-state index contributed by atoms with van der Waals surface area (Å²) in [6.07, 6.45) is 1.52. The monoisotopic (exact) mass is 225 g/mol. The van der Waals surface area contributed by atoms with E-state index in [2.05, 4.69) is 0 Å². The van der Waals surface area contributed by atoms with Crippen molar-refractivity contribution in [2.24, 2.45) is 0 Å². The summed E-state index contributed by atoms with van der Waals surface area (Å²) >= 11 is 5.98. The molecule has 0 N–H and O–H groups in total. The van der Waals surface area contributed by atoms with Crippen LogP contribution in [0.1, 0.15) is 12.0 Å². The lowest BCUT2D eigenvalue weighted by Gasteiger charge is -2.14. The maximum absolute atomic E-state index is 11.5. The largest absolute Gasteiger partial charge is 0.348 e. The van der Waals surface area contributed by atoms with E-state index in [0.29, 0.717) is 6.42 Å². The predicted molar refractivity (Wildman–Crippen MR) is 63.1 cm³/mol. The van der Waals surface area contributed by atoms with Crippen LogP contribution in [0.4, 0.5) is 0 Å². The third kappa shape index (κ3) is 3.92. The standard InChI is InChI=1S/C12H16ClNO/c1-14(2)12(15)11(13)9-8-10-6-4-3-5-7-10/h3-7,11H,8-9H2,1-2H3. The number of hydrogen-bond acceptors (Lipinski definition) is 1. The van der Waals surface area contributed by atoms with Crippen LogP contribution >= 0.6 is 11.6 Å². The van der Waals surface area contributed by atoms with Crippen molar-refractivity contribution in [3.63, 3.8) is 0 Å². The molecule has 0 fully saturated rings. The number of amides is 1. The number of aryl methyl sites for hydroxylation is 1. The van der Waals surface area contributed by atoms with Crippen LogP contribution in [0.25, 0.3) is 0 Å². The third-order valence-corrected chi connectivity index (χ3v) is 2.64. The Balaban J connectivity index is 2.41. The number of nitrogens with zero attached hydrogens (tertiary/aromatic N) is 1. The Labute approximate surface area is 95.8 Å². The summed E-state index contributed by atoms with van der Waals surface area (Å²) in [5.74, 6) is -0.0207. The highest BCUT2D eigenvalue weighted by Crippen LogP contribution is 2.10. The Hall–Kier alpha value is -1.02. The van der Waals surface area contributed by atoms with Crippen molar-refractivity contribution < 1.29 is 4.79 Å². The van der Waals surface area contributed by atoms with Crippen LogP contribution < -0.4 is 0 Å². The van der Waals surface area contributed by atoms with E-state index in [0.717, 1.165) is 6.42 Å². The third-order valence-electron chi connectivity index (χ3n) is 2.24. The fraction of sp³-hybridized carbons (Fsp3) is 0.417. The van der Waals surface area contributed by atoms with E-state index < -0.39 is 5.38 Å². The molecule has 1 aromatic carbocycles. The molecule has 1 rings (SSSR count). The first-order valence-corrected chi connectivity index (χ1v) is 5.44. The number of alkyl halides is 1. The van der Waals surface area contributed by atoms with E-state index in [1.54, 1.807) is 14.1 Å². The molecule has 82 valence electrons. The Morgan fingerprint density at radius 3 is 2.47 bits per heavy atom. The lowest BCUT2D eigenvalue weighted by molar-refractivity contribution is -0.128. The van der Waals surface area contributed by atoms with Crippen molar-refractivity contribution in [3.05, 3.63) is 35.9 Å². The molecule has 0 bridgehead atoms. The van der Waals surface area contributed by atoms with Crippen LogP contribution in [0.2, 0.25) is 0 Å². The number of hydrogen-bond donors (Lipinski definition) is 0. The normalized spacial score (nSPS) is 12.2. The molecule has 1 unspecified atom stereocenters. The van der Waals surface area contributed by atoms with Gasteiger partial charge in [0.05, 0.1) is 0 Å². The summed E-state index contributed by atoms with van der Waals surface area (Å²) in [6.45, 7) is 0.